The summed E-state index contributed by atoms with van der Waals surface area (Å²) in [6, 6.07) is 32.6. The molecule has 2 nitrogen and oxygen atoms in total. The lowest BCUT2D eigenvalue weighted by atomic mass is 9.96. The fourth-order valence-corrected chi connectivity index (χ4v) is 4.11. The monoisotopic (exact) mass is 394 g/mol. The Kier molecular flexibility index (Phi) is 7.27. The Morgan fingerprint density at radius 2 is 1.17 bits per heavy atom. The first kappa shape index (κ1) is 20.3. The highest BCUT2D eigenvalue weighted by Gasteiger charge is 2.25. The first-order valence-electron chi connectivity index (χ1n) is 10.8. The first-order chi connectivity index (χ1) is 14.9. The van der Waals surface area contributed by atoms with Gasteiger partial charge in [-0.15, -0.1) is 0 Å². The molecular formula is C28H30N2. The van der Waals surface area contributed by atoms with Gasteiger partial charge in [-0.3, -0.25) is 9.80 Å². The van der Waals surface area contributed by atoms with E-state index in [-0.39, 0.29) is 0 Å². The van der Waals surface area contributed by atoms with Gasteiger partial charge in [0.05, 0.1) is 6.04 Å². The Labute approximate surface area is 180 Å². The van der Waals surface area contributed by atoms with Gasteiger partial charge < -0.3 is 0 Å². The molecule has 0 atom stereocenters. The van der Waals surface area contributed by atoms with Crippen LogP contribution in [0.15, 0.2) is 109 Å². The lowest BCUT2D eigenvalue weighted by Crippen LogP contribution is -2.47. The van der Waals surface area contributed by atoms with Crippen molar-refractivity contribution in [2.45, 2.75) is 6.04 Å². The molecule has 1 saturated heterocycles. The molecule has 0 radical (unpaired) electrons. The maximum atomic E-state index is 2.63. The quantitative estimate of drug-likeness (QED) is 0.477. The number of nitrogens with zero attached hydrogens (tertiary/aromatic N) is 2. The summed E-state index contributed by atoms with van der Waals surface area (Å²) in [4.78, 5) is 5.16. The molecule has 3 aromatic rings. The molecule has 0 saturated carbocycles. The van der Waals surface area contributed by atoms with E-state index in [0.29, 0.717) is 6.04 Å². The zero-order valence-electron chi connectivity index (χ0n) is 17.5. The van der Waals surface area contributed by atoms with Crippen LogP contribution in [-0.2, 0) is 0 Å². The predicted molar refractivity (Wildman–Crippen MR) is 127 cm³/mol. The normalized spacial score (nSPS) is 16.0. The standard InChI is InChI=1S/C28H30N2/c1-5-13-25(14-6-1)15-7-4-12-20-29-21-23-30(24-22-29)28(26-16-8-2-9-17-26)27-18-10-3-11-19-27/h1-19,28H,20-24H2. The minimum Gasteiger partial charge on any atom is -0.297 e. The second-order valence-electron chi connectivity index (χ2n) is 7.76. The highest BCUT2D eigenvalue weighted by atomic mass is 15.3. The van der Waals surface area contributed by atoms with Crippen molar-refractivity contribution >= 4 is 6.08 Å². The molecule has 1 fully saturated rings. The molecule has 2 heteroatoms. The molecule has 1 aliphatic rings. The zero-order chi connectivity index (χ0) is 20.4. The summed E-state index contributed by atoms with van der Waals surface area (Å²) in [5, 5.41) is 0. The molecule has 1 aliphatic heterocycles. The number of benzene rings is 3. The molecule has 3 aromatic carbocycles. The number of hydrogen-bond donors (Lipinski definition) is 0. The second-order valence-corrected chi connectivity index (χ2v) is 7.76. The van der Waals surface area contributed by atoms with Crippen molar-refractivity contribution < 1.29 is 0 Å². The fourth-order valence-electron chi connectivity index (χ4n) is 4.11. The third-order valence-electron chi connectivity index (χ3n) is 5.70. The van der Waals surface area contributed by atoms with Gasteiger partial charge in [0.15, 0.2) is 0 Å². The third kappa shape index (κ3) is 5.56. The fraction of sp³-hybridized carbons (Fsp3) is 0.214. The van der Waals surface area contributed by atoms with Gasteiger partial charge >= 0.3 is 0 Å². The van der Waals surface area contributed by atoms with Crippen LogP contribution >= 0.6 is 0 Å². The summed E-state index contributed by atoms with van der Waals surface area (Å²) in [7, 11) is 0. The Morgan fingerprint density at radius 3 is 1.73 bits per heavy atom. The molecule has 0 N–H and O–H groups in total. The second kappa shape index (κ2) is 10.7. The van der Waals surface area contributed by atoms with E-state index in [4.69, 9.17) is 0 Å². The maximum absolute atomic E-state index is 2.63. The van der Waals surface area contributed by atoms with Gasteiger partial charge in [0.25, 0.3) is 0 Å². The van der Waals surface area contributed by atoms with E-state index in [0.717, 1.165) is 32.7 Å². The van der Waals surface area contributed by atoms with E-state index < -0.39 is 0 Å². The molecule has 30 heavy (non-hydrogen) atoms. The molecule has 0 unspecified atom stereocenters. The van der Waals surface area contributed by atoms with Gasteiger partial charge in [-0.25, -0.2) is 0 Å². The van der Waals surface area contributed by atoms with Gasteiger partial charge in [0.1, 0.15) is 0 Å². The lowest BCUT2D eigenvalue weighted by molar-refractivity contribution is 0.117. The summed E-state index contributed by atoms with van der Waals surface area (Å²) in [6.07, 6.45) is 8.71. The molecule has 0 aliphatic carbocycles. The smallest absolute Gasteiger partial charge is 0.0602 e. The van der Waals surface area contributed by atoms with Crippen molar-refractivity contribution in [3.63, 3.8) is 0 Å². The molecule has 0 spiro atoms. The number of piperazine rings is 1. The van der Waals surface area contributed by atoms with Gasteiger partial charge in [-0.2, -0.15) is 0 Å². The topological polar surface area (TPSA) is 6.48 Å². The molecule has 1 heterocycles. The molecule has 0 aromatic heterocycles. The minimum atomic E-state index is 0.332. The van der Waals surface area contributed by atoms with E-state index in [9.17, 15) is 0 Å². The Morgan fingerprint density at radius 1 is 0.633 bits per heavy atom. The third-order valence-corrected chi connectivity index (χ3v) is 5.70. The highest BCUT2D eigenvalue weighted by Crippen LogP contribution is 2.29. The van der Waals surface area contributed by atoms with Crippen LogP contribution in [0.5, 0.6) is 0 Å². The lowest BCUT2D eigenvalue weighted by Gasteiger charge is -2.39. The molecule has 4 rings (SSSR count). The molecular weight excluding hydrogens is 364 g/mol. The van der Waals surface area contributed by atoms with Crippen molar-refractivity contribution in [3.8, 4) is 0 Å². The van der Waals surface area contributed by atoms with Crippen LogP contribution in [0.2, 0.25) is 0 Å². The van der Waals surface area contributed by atoms with Gasteiger partial charge in [-0.1, -0.05) is 115 Å². The predicted octanol–water partition coefficient (Wildman–Crippen LogP) is 5.66. The van der Waals surface area contributed by atoms with Crippen LogP contribution in [0.3, 0.4) is 0 Å². The van der Waals surface area contributed by atoms with Crippen LogP contribution < -0.4 is 0 Å². The molecule has 152 valence electrons. The summed E-state index contributed by atoms with van der Waals surface area (Å²) in [6.45, 7) is 5.38. The van der Waals surface area contributed by atoms with Crippen LogP contribution in [-0.4, -0.2) is 42.5 Å². The molecule has 0 amide bonds. The Bertz CT molecular complexity index is 885. The van der Waals surface area contributed by atoms with Crippen molar-refractivity contribution in [2.24, 2.45) is 0 Å². The van der Waals surface area contributed by atoms with Crippen molar-refractivity contribution in [3.05, 3.63) is 126 Å². The first-order valence-corrected chi connectivity index (χ1v) is 10.8. The van der Waals surface area contributed by atoms with Gasteiger partial charge in [0, 0.05) is 32.7 Å². The highest BCUT2D eigenvalue weighted by molar-refractivity contribution is 5.50. The van der Waals surface area contributed by atoms with Crippen molar-refractivity contribution in [1.29, 1.82) is 0 Å². The summed E-state index contributed by atoms with van der Waals surface area (Å²) in [5.41, 5.74) is 4.00. The van der Waals surface area contributed by atoms with Gasteiger partial charge in [-0.05, 0) is 16.7 Å². The van der Waals surface area contributed by atoms with E-state index >= 15 is 0 Å². The van der Waals surface area contributed by atoms with Crippen LogP contribution in [0.25, 0.3) is 6.08 Å². The van der Waals surface area contributed by atoms with Crippen LogP contribution in [0, 0.1) is 0 Å². The number of rotatable bonds is 7. The van der Waals surface area contributed by atoms with E-state index in [1.165, 1.54) is 16.7 Å². The van der Waals surface area contributed by atoms with Crippen molar-refractivity contribution in [1.82, 2.24) is 9.80 Å². The largest absolute Gasteiger partial charge is 0.297 e. The summed E-state index contributed by atoms with van der Waals surface area (Å²) in [5.74, 6) is 0. The minimum absolute atomic E-state index is 0.332. The SMILES string of the molecule is C(C=Cc1ccccc1)=CCN1CCN(C(c2ccccc2)c2ccccc2)CC1. The van der Waals surface area contributed by atoms with E-state index in [2.05, 4.69) is 119 Å². The molecule has 0 bridgehead atoms. The summed E-state index contributed by atoms with van der Waals surface area (Å²) >= 11 is 0. The average molecular weight is 395 g/mol. The Balaban J connectivity index is 1.33. The van der Waals surface area contributed by atoms with Crippen molar-refractivity contribution in [2.75, 3.05) is 32.7 Å². The maximum Gasteiger partial charge on any atom is 0.0602 e. The summed E-state index contributed by atoms with van der Waals surface area (Å²) < 4.78 is 0. The van der Waals surface area contributed by atoms with E-state index in [1.807, 2.05) is 6.07 Å². The van der Waals surface area contributed by atoms with Crippen LogP contribution in [0.1, 0.15) is 22.7 Å². The average Bonchev–Trinajstić information content (AvgIpc) is 2.82. The van der Waals surface area contributed by atoms with Crippen LogP contribution in [0.4, 0.5) is 0 Å². The van der Waals surface area contributed by atoms with Gasteiger partial charge in [0.2, 0.25) is 0 Å². The van der Waals surface area contributed by atoms with E-state index in [1.54, 1.807) is 0 Å². The zero-order valence-corrected chi connectivity index (χ0v) is 17.5. The Hall–Kier alpha value is -2.94. The number of allylic oxidation sites excluding steroid dienone is 2. The number of hydrogen-bond acceptors (Lipinski definition) is 2.